The first-order chi connectivity index (χ1) is 14.4. The number of fused-ring (bicyclic) bond motifs is 1. The first-order valence-electron chi connectivity index (χ1n) is 10.0. The van der Waals surface area contributed by atoms with E-state index in [9.17, 15) is 18.0 Å². The van der Waals surface area contributed by atoms with Crippen LogP contribution in [-0.4, -0.2) is 58.2 Å². The van der Waals surface area contributed by atoms with E-state index in [0.717, 1.165) is 17.7 Å². The normalized spacial score (nSPS) is 22.3. The fourth-order valence-corrected chi connectivity index (χ4v) is 3.92. The molecule has 1 saturated carbocycles. The maximum atomic E-state index is 13.8. The first-order valence-corrected chi connectivity index (χ1v) is 10.0. The van der Waals surface area contributed by atoms with Gasteiger partial charge < -0.3 is 19.1 Å². The van der Waals surface area contributed by atoms with E-state index in [0.29, 0.717) is 37.9 Å². The molecule has 2 aromatic heterocycles. The molecule has 5 rings (SSSR count). The van der Waals surface area contributed by atoms with Gasteiger partial charge in [0.05, 0.1) is 13.2 Å². The average Bonchev–Trinajstić information content (AvgIpc) is 3.47. The molecular formula is C18H21F3N6O3. The maximum absolute atomic E-state index is 13.8. The van der Waals surface area contributed by atoms with Crippen molar-refractivity contribution in [2.45, 2.75) is 50.5 Å². The predicted molar refractivity (Wildman–Crippen MR) is 98.4 cm³/mol. The van der Waals surface area contributed by atoms with Crippen LogP contribution in [0.15, 0.2) is 15.4 Å². The van der Waals surface area contributed by atoms with Gasteiger partial charge in [-0.3, -0.25) is 9.36 Å². The van der Waals surface area contributed by atoms with Crippen molar-refractivity contribution in [1.29, 1.82) is 0 Å². The lowest BCUT2D eigenvalue weighted by Crippen LogP contribution is -2.52. The molecule has 4 heterocycles. The quantitative estimate of drug-likeness (QED) is 0.730. The number of aromatic nitrogens is 4. The van der Waals surface area contributed by atoms with E-state index in [1.807, 2.05) is 4.90 Å². The number of rotatable bonds is 4. The number of hydrogen-bond acceptors (Lipinski definition) is 8. The van der Waals surface area contributed by atoms with Gasteiger partial charge in [-0.25, -0.2) is 0 Å². The molecule has 30 heavy (non-hydrogen) atoms. The second-order valence-electron chi connectivity index (χ2n) is 7.80. The molecule has 0 amide bonds. The highest BCUT2D eigenvalue weighted by atomic mass is 19.4. The van der Waals surface area contributed by atoms with Gasteiger partial charge in [0.15, 0.2) is 5.82 Å². The van der Waals surface area contributed by atoms with Crippen LogP contribution in [0.5, 0.6) is 0 Å². The van der Waals surface area contributed by atoms with Gasteiger partial charge in [0, 0.05) is 31.6 Å². The summed E-state index contributed by atoms with van der Waals surface area (Å²) in [6.45, 7) is 1.67. The van der Waals surface area contributed by atoms with E-state index in [4.69, 9.17) is 9.26 Å². The molecule has 9 nitrogen and oxygen atoms in total. The summed E-state index contributed by atoms with van der Waals surface area (Å²) in [7, 11) is 0. The molecule has 1 saturated heterocycles. The second kappa shape index (κ2) is 7.25. The summed E-state index contributed by atoms with van der Waals surface area (Å²) in [6.07, 6.45) is -2.83. The van der Waals surface area contributed by atoms with Crippen LogP contribution < -0.4 is 15.4 Å². The van der Waals surface area contributed by atoms with Gasteiger partial charge in [-0.05, 0) is 19.3 Å². The third-order valence-corrected chi connectivity index (χ3v) is 5.68. The summed E-state index contributed by atoms with van der Waals surface area (Å²) in [4.78, 5) is 24.3. The smallest absolute Gasteiger partial charge is 0.378 e. The molecular weight excluding hydrogens is 405 g/mol. The van der Waals surface area contributed by atoms with Crippen molar-refractivity contribution in [2.24, 2.45) is 0 Å². The Hall–Kier alpha value is -2.63. The number of hydrogen-bond donors (Lipinski definition) is 0. The highest BCUT2D eigenvalue weighted by Gasteiger charge is 2.47. The van der Waals surface area contributed by atoms with Crippen molar-refractivity contribution in [2.75, 3.05) is 36.1 Å². The molecule has 1 atom stereocenters. The van der Waals surface area contributed by atoms with Gasteiger partial charge >= 0.3 is 6.18 Å². The zero-order chi connectivity index (χ0) is 20.9. The Labute approximate surface area is 169 Å². The summed E-state index contributed by atoms with van der Waals surface area (Å²) in [5.41, 5.74) is -0.378. The minimum absolute atomic E-state index is 0.0243. The van der Waals surface area contributed by atoms with Crippen molar-refractivity contribution in [3.8, 4) is 0 Å². The molecule has 0 radical (unpaired) electrons. The molecule has 162 valence electrons. The number of halogens is 3. The van der Waals surface area contributed by atoms with Crippen molar-refractivity contribution >= 4 is 11.8 Å². The summed E-state index contributed by atoms with van der Waals surface area (Å²) in [6, 6.07) is -0.417. The summed E-state index contributed by atoms with van der Waals surface area (Å²) in [5, 5.41) is 3.89. The zero-order valence-corrected chi connectivity index (χ0v) is 16.1. The Bertz CT molecular complexity index is 980. The van der Waals surface area contributed by atoms with Crippen molar-refractivity contribution in [1.82, 2.24) is 19.7 Å². The third kappa shape index (κ3) is 3.64. The molecule has 0 aromatic carbocycles. The lowest BCUT2D eigenvalue weighted by molar-refractivity contribution is -0.153. The Morgan fingerprint density at radius 1 is 1.10 bits per heavy atom. The van der Waals surface area contributed by atoms with Crippen LogP contribution in [0.2, 0.25) is 0 Å². The van der Waals surface area contributed by atoms with Crippen molar-refractivity contribution in [3.05, 3.63) is 28.1 Å². The molecule has 0 unspecified atom stereocenters. The van der Waals surface area contributed by atoms with E-state index in [1.165, 1.54) is 10.6 Å². The lowest BCUT2D eigenvalue weighted by atomic mass is 10.1. The second-order valence-corrected chi connectivity index (χ2v) is 7.80. The summed E-state index contributed by atoms with van der Waals surface area (Å²) >= 11 is 0. The van der Waals surface area contributed by atoms with Crippen molar-refractivity contribution < 1.29 is 22.4 Å². The van der Waals surface area contributed by atoms with Gasteiger partial charge in [-0.15, -0.1) is 0 Å². The number of nitrogens with zero attached hydrogens (tertiary/aromatic N) is 6. The fourth-order valence-electron chi connectivity index (χ4n) is 3.92. The maximum Gasteiger partial charge on any atom is 0.408 e. The van der Waals surface area contributed by atoms with Crippen LogP contribution in [0.25, 0.3) is 0 Å². The standard InChI is InChI=1S/C18H21F3N6O3/c19-18(20,21)12-3-4-26-15(28)9-13(25-5-7-29-8-6-25)22-17(26)27(12)10-14-23-16(24-30-14)11-1-2-11/h9,11-12H,1-8,10H2/t12-/m0/s1. The summed E-state index contributed by atoms with van der Waals surface area (Å²) in [5.74, 6) is 1.17. The number of morpholine rings is 1. The molecule has 0 spiro atoms. The first kappa shape index (κ1) is 19.3. The highest BCUT2D eigenvalue weighted by Crippen LogP contribution is 2.39. The zero-order valence-electron chi connectivity index (χ0n) is 16.1. The Kier molecular flexibility index (Phi) is 4.68. The molecule has 3 aliphatic rings. The van der Waals surface area contributed by atoms with Crippen LogP contribution in [0.1, 0.15) is 36.9 Å². The van der Waals surface area contributed by atoms with Gasteiger partial charge in [-0.2, -0.15) is 23.1 Å². The molecule has 0 N–H and O–H groups in total. The Morgan fingerprint density at radius 2 is 1.87 bits per heavy atom. The van der Waals surface area contributed by atoms with Crippen LogP contribution in [0.4, 0.5) is 24.9 Å². The molecule has 2 fully saturated rings. The Morgan fingerprint density at radius 3 is 2.57 bits per heavy atom. The van der Waals surface area contributed by atoms with Crippen LogP contribution >= 0.6 is 0 Å². The fraction of sp³-hybridized carbons (Fsp3) is 0.667. The monoisotopic (exact) mass is 426 g/mol. The lowest BCUT2D eigenvalue weighted by Gasteiger charge is -2.39. The SMILES string of the molecule is O=c1cc(N2CCOCC2)nc2n1CC[C@@H](C(F)(F)F)N2Cc1nc(C2CC2)no1. The number of alkyl halides is 3. The number of anilines is 2. The minimum atomic E-state index is -4.49. The summed E-state index contributed by atoms with van der Waals surface area (Å²) < 4.78 is 53.3. The topological polar surface area (TPSA) is 89.5 Å². The molecule has 0 bridgehead atoms. The molecule has 12 heteroatoms. The molecule has 2 aromatic rings. The van der Waals surface area contributed by atoms with Crippen LogP contribution in [0.3, 0.4) is 0 Å². The minimum Gasteiger partial charge on any atom is -0.378 e. The average molecular weight is 426 g/mol. The molecule has 2 aliphatic heterocycles. The molecule has 1 aliphatic carbocycles. The van der Waals surface area contributed by atoms with Gasteiger partial charge in [0.25, 0.3) is 5.56 Å². The third-order valence-electron chi connectivity index (χ3n) is 5.68. The Balaban J connectivity index is 1.53. The van der Waals surface area contributed by atoms with Crippen LogP contribution in [0, 0.1) is 0 Å². The predicted octanol–water partition coefficient (Wildman–Crippen LogP) is 1.68. The van der Waals surface area contributed by atoms with Gasteiger partial charge in [0.1, 0.15) is 18.4 Å². The van der Waals surface area contributed by atoms with Gasteiger partial charge in [0.2, 0.25) is 11.8 Å². The number of ether oxygens (including phenoxy) is 1. The van der Waals surface area contributed by atoms with E-state index in [-0.39, 0.29) is 42.8 Å². The largest absolute Gasteiger partial charge is 0.408 e. The van der Waals surface area contributed by atoms with Gasteiger partial charge in [-0.1, -0.05) is 5.16 Å². The van der Waals surface area contributed by atoms with E-state index in [1.54, 1.807) is 0 Å². The van der Waals surface area contributed by atoms with Crippen molar-refractivity contribution in [3.63, 3.8) is 0 Å². The van der Waals surface area contributed by atoms with Crippen LogP contribution in [-0.2, 0) is 17.8 Å². The van der Waals surface area contributed by atoms with E-state index in [2.05, 4.69) is 15.1 Å². The van der Waals surface area contributed by atoms with E-state index < -0.39 is 12.2 Å². The van der Waals surface area contributed by atoms with E-state index >= 15 is 0 Å². The highest BCUT2D eigenvalue weighted by molar-refractivity contribution is 5.47.